The Morgan fingerprint density at radius 3 is 2.76 bits per heavy atom. The molecule has 5 aromatic rings. The van der Waals surface area contributed by atoms with Crippen molar-refractivity contribution in [1.82, 2.24) is 40.5 Å². The summed E-state index contributed by atoms with van der Waals surface area (Å²) >= 11 is 1.45. The predicted molar refractivity (Wildman–Crippen MR) is 153 cm³/mol. The topological polar surface area (TPSA) is 133 Å². The number of anilines is 1. The highest BCUT2D eigenvalue weighted by Crippen LogP contribution is 2.35. The maximum absolute atomic E-state index is 14.3. The minimum atomic E-state index is -0.906. The fourth-order valence-corrected chi connectivity index (χ4v) is 6.14. The highest BCUT2D eigenvalue weighted by molar-refractivity contribution is 7.10. The van der Waals surface area contributed by atoms with Crippen molar-refractivity contribution in [2.45, 2.75) is 45.4 Å². The van der Waals surface area contributed by atoms with Gasteiger partial charge in [0.15, 0.2) is 0 Å². The maximum atomic E-state index is 14.3. The van der Waals surface area contributed by atoms with Gasteiger partial charge in [-0.05, 0) is 90.0 Å². The number of aryl methyl sites for hydroxylation is 2. The van der Waals surface area contributed by atoms with Crippen LogP contribution in [0.4, 0.5) is 5.69 Å². The van der Waals surface area contributed by atoms with Crippen LogP contribution in [0.1, 0.15) is 34.9 Å². The summed E-state index contributed by atoms with van der Waals surface area (Å²) in [5.74, 6) is -0.578. The molecule has 0 radical (unpaired) electrons. The first-order valence-corrected chi connectivity index (χ1v) is 14.2. The number of hydrogen-bond donors (Lipinski definition) is 1. The quantitative estimate of drug-likeness (QED) is 0.285. The van der Waals surface area contributed by atoms with Crippen LogP contribution in [-0.2, 0) is 20.9 Å². The van der Waals surface area contributed by atoms with Crippen molar-refractivity contribution in [2.75, 3.05) is 18.1 Å². The lowest BCUT2D eigenvalue weighted by Gasteiger charge is -2.32. The third-order valence-corrected chi connectivity index (χ3v) is 8.28. The molecule has 0 bridgehead atoms. The first kappa shape index (κ1) is 26.7. The molecule has 6 rings (SSSR count). The van der Waals surface area contributed by atoms with Gasteiger partial charge in [-0.1, -0.05) is 17.3 Å². The average Bonchev–Trinajstić information content (AvgIpc) is 3.80. The predicted octanol–water partition coefficient (Wildman–Crippen LogP) is 3.16. The van der Waals surface area contributed by atoms with E-state index < -0.39 is 6.04 Å². The van der Waals surface area contributed by atoms with Crippen LogP contribution >= 0.6 is 11.3 Å². The Labute approximate surface area is 239 Å². The number of nitrogens with one attached hydrogen (secondary N) is 1. The Hall–Kier alpha value is -4.49. The number of tetrazole rings is 1. The Bertz CT molecular complexity index is 1670. The van der Waals surface area contributed by atoms with Crippen LogP contribution in [-0.4, -0.2) is 66.3 Å². The summed E-state index contributed by atoms with van der Waals surface area (Å²) in [5, 5.41) is 24.9. The average molecular weight is 572 g/mol. The summed E-state index contributed by atoms with van der Waals surface area (Å²) in [6.07, 6.45) is 3.34. The number of para-hydroxylation sites is 1. The lowest BCUT2D eigenvalue weighted by Crippen LogP contribution is -2.46. The van der Waals surface area contributed by atoms with Gasteiger partial charge in [-0.15, -0.1) is 21.5 Å². The zero-order chi connectivity index (χ0) is 28.3. The number of benzene rings is 2. The highest BCUT2D eigenvalue weighted by atomic mass is 32.1. The first-order chi connectivity index (χ1) is 20.0. The van der Waals surface area contributed by atoms with E-state index in [-0.39, 0.29) is 24.5 Å². The summed E-state index contributed by atoms with van der Waals surface area (Å²) in [7, 11) is 0. The van der Waals surface area contributed by atoms with Crippen molar-refractivity contribution in [1.29, 1.82) is 0 Å². The number of rotatable bonds is 9. The molecule has 1 aliphatic rings. The Kier molecular flexibility index (Phi) is 7.53. The fraction of sp³-hybridized carbons (Fsp3) is 0.321. The molecular weight excluding hydrogens is 542 g/mol. The van der Waals surface area contributed by atoms with E-state index in [1.165, 1.54) is 17.7 Å². The van der Waals surface area contributed by atoms with E-state index in [2.05, 4.69) is 31.2 Å². The molecule has 2 aromatic carbocycles. The molecule has 13 heteroatoms. The first-order valence-electron chi connectivity index (χ1n) is 13.4. The van der Waals surface area contributed by atoms with Crippen molar-refractivity contribution >= 4 is 39.9 Å². The molecule has 2 amide bonds. The number of fused-ring (bicyclic) bond motifs is 1. The van der Waals surface area contributed by atoms with E-state index in [9.17, 15) is 9.59 Å². The summed E-state index contributed by atoms with van der Waals surface area (Å²) in [4.78, 5) is 30.6. The van der Waals surface area contributed by atoms with Crippen LogP contribution in [0.25, 0.3) is 16.7 Å². The second-order valence-corrected chi connectivity index (χ2v) is 10.9. The third kappa shape index (κ3) is 5.45. The lowest BCUT2D eigenvalue weighted by molar-refractivity contribution is -0.127. The van der Waals surface area contributed by atoms with Gasteiger partial charge >= 0.3 is 0 Å². The molecule has 1 saturated heterocycles. The summed E-state index contributed by atoms with van der Waals surface area (Å²) in [6.45, 7) is 4.83. The van der Waals surface area contributed by atoms with Crippen LogP contribution in [0.15, 0.2) is 60.2 Å². The third-order valence-electron chi connectivity index (χ3n) is 7.21. The molecule has 1 N–H and O–H groups in total. The Morgan fingerprint density at radius 2 is 2.02 bits per heavy atom. The zero-order valence-electron chi connectivity index (χ0n) is 22.7. The molecule has 12 nitrogen and oxygen atoms in total. The molecular formula is C28H29N9O3S. The van der Waals surface area contributed by atoms with E-state index in [0.29, 0.717) is 24.4 Å². The van der Waals surface area contributed by atoms with Crippen LogP contribution in [0, 0.1) is 13.8 Å². The van der Waals surface area contributed by atoms with Gasteiger partial charge in [0.05, 0.1) is 17.3 Å². The molecule has 2 atom stereocenters. The zero-order valence-corrected chi connectivity index (χ0v) is 23.5. The van der Waals surface area contributed by atoms with E-state index in [4.69, 9.17) is 4.74 Å². The Morgan fingerprint density at radius 1 is 1.15 bits per heavy atom. The van der Waals surface area contributed by atoms with E-state index in [1.807, 2.05) is 67.8 Å². The summed E-state index contributed by atoms with van der Waals surface area (Å²) < 4.78 is 8.86. The minimum Gasteiger partial charge on any atom is -0.376 e. The van der Waals surface area contributed by atoms with Crippen LogP contribution in [0.2, 0.25) is 0 Å². The van der Waals surface area contributed by atoms with Crippen molar-refractivity contribution in [3.63, 3.8) is 0 Å². The summed E-state index contributed by atoms with van der Waals surface area (Å²) in [5.41, 5.74) is 4.52. The van der Waals surface area contributed by atoms with Crippen molar-refractivity contribution < 1.29 is 14.3 Å². The molecule has 0 aliphatic carbocycles. The molecule has 0 spiro atoms. The van der Waals surface area contributed by atoms with Gasteiger partial charge in [-0.3, -0.25) is 14.5 Å². The Balaban J connectivity index is 1.41. The fourth-order valence-electron chi connectivity index (χ4n) is 5.13. The molecule has 0 saturated carbocycles. The standard InChI is InChI=1S/C28H29N9O3S/c1-18-11-13-41-27(18)26(28(39)29-15-21-6-5-12-40-21)37(20-9-10-23(19(2)14-20)36-17-30-32-34-36)25(38)16-35-24-8-4-3-7-22(24)31-33-35/h3-4,7-11,13-14,17,21,26H,5-6,12,15-16H2,1-2H3,(H,29,39)/t21-,26-/m0/s1. The molecule has 0 unspecified atom stereocenters. The SMILES string of the molecule is Cc1cc(N(C(=O)Cn2nnc3ccccc32)[C@H](C(=O)NC[C@@H]2CCCO2)c2sccc2C)ccc1-n1cnnn1. The van der Waals surface area contributed by atoms with E-state index in [0.717, 1.165) is 40.0 Å². The number of hydrogen-bond acceptors (Lipinski definition) is 9. The van der Waals surface area contributed by atoms with Crippen LogP contribution in [0.5, 0.6) is 0 Å². The number of aromatic nitrogens is 7. The molecule has 41 heavy (non-hydrogen) atoms. The normalized spacial score (nSPS) is 15.7. The number of carbonyl (C=O) groups excluding carboxylic acids is 2. The monoisotopic (exact) mass is 571 g/mol. The van der Waals surface area contributed by atoms with Crippen molar-refractivity contribution in [3.05, 3.63) is 76.2 Å². The van der Waals surface area contributed by atoms with Gasteiger partial charge in [0, 0.05) is 23.7 Å². The molecule has 4 heterocycles. The maximum Gasteiger partial charge on any atom is 0.249 e. The molecule has 210 valence electrons. The largest absolute Gasteiger partial charge is 0.376 e. The minimum absolute atomic E-state index is 0.0347. The van der Waals surface area contributed by atoms with Gasteiger partial charge in [-0.2, -0.15) is 0 Å². The van der Waals surface area contributed by atoms with E-state index in [1.54, 1.807) is 14.3 Å². The van der Waals surface area contributed by atoms with E-state index >= 15 is 0 Å². The van der Waals surface area contributed by atoms with Crippen LogP contribution in [0.3, 0.4) is 0 Å². The smallest absolute Gasteiger partial charge is 0.249 e. The van der Waals surface area contributed by atoms with Crippen molar-refractivity contribution in [2.24, 2.45) is 0 Å². The number of amides is 2. The number of thiophene rings is 1. The highest BCUT2D eigenvalue weighted by Gasteiger charge is 2.35. The molecule has 3 aromatic heterocycles. The van der Waals surface area contributed by atoms with Gasteiger partial charge in [-0.25, -0.2) is 9.36 Å². The van der Waals surface area contributed by atoms with Gasteiger partial charge in [0.1, 0.15) is 24.4 Å². The lowest BCUT2D eigenvalue weighted by atomic mass is 10.1. The number of ether oxygens (including phenoxy) is 1. The number of nitrogens with zero attached hydrogens (tertiary/aromatic N) is 8. The number of carbonyl (C=O) groups is 2. The van der Waals surface area contributed by atoms with Crippen molar-refractivity contribution in [3.8, 4) is 5.69 Å². The van der Waals surface area contributed by atoms with Gasteiger partial charge < -0.3 is 10.1 Å². The second-order valence-electron chi connectivity index (χ2n) is 9.98. The van der Waals surface area contributed by atoms with Crippen LogP contribution < -0.4 is 10.2 Å². The second kappa shape index (κ2) is 11.6. The summed E-state index contributed by atoms with van der Waals surface area (Å²) in [6, 6.07) is 14.0. The van der Waals surface area contributed by atoms with Gasteiger partial charge in [0.2, 0.25) is 11.8 Å². The molecule has 1 fully saturated rings. The molecule has 1 aliphatic heterocycles. The van der Waals surface area contributed by atoms with Gasteiger partial charge in [0.25, 0.3) is 0 Å².